The zero-order valence-electron chi connectivity index (χ0n) is 18.7. The summed E-state index contributed by atoms with van der Waals surface area (Å²) in [5.41, 5.74) is 2.50. The molecule has 0 N–H and O–H groups in total. The van der Waals surface area contributed by atoms with Crippen molar-refractivity contribution in [3.63, 3.8) is 0 Å². The first-order valence-electron chi connectivity index (χ1n) is 11.2. The molecule has 3 aromatic rings. The number of carbonyl (C=O) groups is 1. The number of carbonyl (C=O) groups excluding carboxylic acids is 1. The summed E-state index contributed by atoms with van der Waals surface area (Å²) >= 11 is 0. The number of aromatic nitrogens is 1. The lowest BCUT2D eigenvalue weighted by Gasteiger charge is -2.22. The summed E-state index contributed by atoms with van der Waals surface area (Å²) in [5, 5.41) is 0. The van der Waals surface area contributed by atoms with Crippen molar-refractivity contribution < 1.29 is 23.4 Å². The summed E-state index contributed by atoms with van der Waals surface area (Å²) in [6, 6.07) is 13.9. The largest absolute Gasteiger partial charge is 0.496 e. The van der Waals surface area contributed by atoms with Gasteiger partial charge in [-0.3, -0.25) is 9.69 Å². The van der Waals surface area contributed by atoms with E-state index in [1.807, 2.05) is 47.4 Å². The highest BCUT2D eigenvalue weighted by Gasteiger charge is 2.23. The van der Waals surface area contributed by atoms with E-state index in [-0.39, 0.29) is 12.7 Å². The van der Waals surface area contributed by atoms with Gasteiger partial charge in [0.1, 0.15) is 12.0 Å². The second-order valence-electron chi connectivity index (χ2n) is 8.27. The number of ether oxygens (including phenoxy) is 3. The number of hydrogen-bond donors (Lipinski definition) is 0. The number of methoxy groups -OCH3 is 1. The summed E-state index contributed by atoms with van der Waals surface area (Å²) < 4.78 is 22.2. The molecule has 1 amide bonds. The fraction of sp³-hybridized carbons (Fsp3) is 0.360. The Kier molecular flexibility index (Phi) is 6.17. The van der Waals surface area contributed by atoms with E-state index in [0.29, 0.717) is 31.2 Å². The standard InChI is InChI=1S/C25H27N3O5/c1-30-21-7-3-2-6-19(21)14-27(13-18-8-9-22-23(12-18)33-17-32-22)15-24-26-20(16-31-24)25(29)28-10-4-5-11-28/h2-3,6-9,12,16H,4-5,10-11,13-15,17H2,1H3. The molecule has 2 aromatic carbocycles. The molecule has 0 unspecified atom stereocenters. The Balaban J connectivity index is 1.36. The monoisotopic (exact) mass is 449 g/mol. The lowest BCUT2D eigenvalue weighted by molar-refractivity contribution is 0.0787. The molecule has 3 heterocycles. The number of oxazole rings is 1. The van der Waals surface area contributed by atoms with Crippen LogP contribution in [0, 0.1) is 0 Å². The molecule has 1 saturated heterocycles. The Bertz CT molecular complexity index is 1120. The van der Waals surface area contributed by atoms with Gasteiger partial charge in [-0.25, -0.2) is 4.98 Å². The second-order valence-corrected chi connectivity index (χ2v) is 8.27. The molecule has 0 bridgehead atoms. The number of amides is 1. The van der Waals surface area contributed by atoms with Gasteiger partial charge in [0.05, 0.1) is 13.7 Å². The quantitative estimate of drug-likeness (QED) is 0.517. The van der Waals surface area contributed by atoms with Crippen LogP contribution in [0.15, 0.2) is 53.1 Å². The van der Waals surface area contributed by atoms with Crippen LogP contribution in [0.3, 0.4) is 0 Å². The fourth-order valence-corrected chi connectivity index (χ4v) is 4.29. The molecule has 5 rings (SSSR count). The van der Waals surface area contributed by atoms with E-state index in [9.17, 15) is 4.79 Å². The van der Waals surface area contributed by atoms with Crippen LogP contribution in [-0.4, -0.2) is 47.7 Å². The molecule has 8 heteroatoms. The summed E-state index contributed by atoms with van der Waals surface area (Å²) in [6.45, 7) is 3.51. The normalized spacial score (nSPS) is 14.8. The molecule has 172 valence electrons. The van der Waals surface area contributed by atoms with Crippen LogP contribution in [0.25, 0.3) is 0 Å². The Morgan fingerprint density at radius 1 is 1.06 bits per heavy atom. The van der Waals surface area contributed by atoms with Gasteiger partial charge in [0.2, 0.25) is 12.7 Å². The van der Waals surface area contributed by atoms with E-state index in [1.54, 1.807) is 7.11 Å². The molecule has 0 spiro atoms. The fourth-order valence-electron chi connectivity index (χ4n) is 4.29. The SMILES string of the molecule is COc1ccccc1CN(Cc1ccc2c(c1)OCO2)Cc1nc(C(=O)N2CCCC2)co1. The minimum atomic E-state index is -0.0606. The molecule has 0 atom stereocenters. The predicted octanol–water partition coefficient (Wildman–Crippen LogP) is 3.85. The Morgan fingerprint density at radius 2 is 1.88 bits per heavy atom. The average Bonchev–Trinajstić information content (AvgIpc) is 3.60. The van der Waals surface area contributed by atoms with Gasteiger partial charge in [-0.05, 0) is 36.6 Å². The number of likely N-dealkylation sites (tertiary alicyclic amines) is 1. The summed E-state index contributed by atoms with van der Waals surface area (Å²) in [7, 11) is 1.67. The van der Waals surface area contributed by atoms with Gasteiger partial charge in [0, 0.05) is 31.7 Å². The Labute approximate surface area is 192 Å². The first-order valence-corrected chi connectivity index (χ1v) is 11.2. The molecular formula is C25H27N3O5. The third kappa shape index (κ3) is 4.80. The van der Waals surface area contributed by atoms with Gasteiger partial charge < -0.3 is 23.5 Å². The van der Waals surface area contributed by atoms with Crippen LogP contribution in [0.2, 0.25) is 0 Å². The van der Waals surface area contributed by atoms with Gasteiger partial charge in [-0.1, -0.05) is 24.3 Å². The highest BCUT2D eigenvalue weighted by atomic mass is 16.7. The molecule has 2 aliphatic heterocycles. The average molecular weight is 450 g/mol. The summed E-state index contributed by atoms with van der Waals surface area (Å²) in [5.74, 6) is 2.78. The molecule has 2 aliphatic rings. The number of para-hydroxylation sites is 1. The lowest BCUT2D eigenvalue weighted by Crippen LogP contribution is -2.28. The van der Waals surface area contributed by atoms with Crippen molar-refractivity contribution in [2.45, 2.75) is 32.5 Å². The van der Waals surface area contributed by atoms with E-state index in [1.165, 1.54) is 6.26 Å². The maximum atomic E-state index is 12.7. The molecule has 1 fully saturated rings. The van der Waals surface area contributed by atoms with Gasteiger partial charge in [0.15, 0.2) is 17.2 Å². The van der Waals surface area contributed by atoms with E-state index in [2.05, 4.69) is 9.88 Å². The van der Waals surface area contributed by atoms with Crippen LogP contribution in [0.5, 0.6) is 17.2 Å². The van der Waals surface area contributed by atoms with Crippen molar-refractivity contribution in [2.75, 3.05) is 27.0 Å². The minimum Gasteiger partial charge on any atom is -0.496 e. The van der Waals surface area contributed by atoms with Gasteiger partial charge in [0.25, 0.3) is 5.91 Å². The number of nitrogens with zero attached hydrogens (tertiary/aromatic N) is 3. The minimum absolute atomic E-state index is 0.0606. The maximum absolute atomic E-state index is 12.7. The Hall–Kier alpha value is -3.52. The van der Waals surface area contributed by atoms with Crippen molar-refractivity contribution in [3.05, 3.63) is 71.4 Å². The molecule has 33 heavy (non-hydrogen) atoms. The molecular weight excluding hydrogens is 422 g/mol. The van der Waals surface area contributed by atoms with Crippen molar-refractivity contribution in [2.24, 2.45) is 0 Å². The molecule has 0 saturated carbocycles. The van der Waals surface area contributed by atoms with E-state index >= 15 is 0 Å². The van der Waals surface area contributed by atoms with Crippen LogP contribution in [0.1, 0.15) is 40.3 Å². The predicted molar refractivity (Wildman–Crippen MR) is 120 cm³/mol. The third-order valence-electron chi connectivity index (χ3n) is 5.95. The van der Waals surface area contributed by atoms with Crippen LogP contribution in [0.4, 0.5) is 0 Å². The first-order chi connectivity index (χ1) is 16.2. The third-order valence-corrected chi connectivity index (χ3v) is 5.95. The molecule has 1 aromatic heterocycles. The Morgan fingerprint density at radius 3 is 2.73 bits per heavy atom. The van der Waals surface area contributed by atoms with Crippen molar-refractivity contribution in [1.29, 1.82) is 0 Å². The zero-order chi connectivity index (χ0) is 22.6. The van der Waals surface area contributed by atoms with Crippen LogP contribution in [-0.2, 0) is 19.6 Å². The first kappa shape index (κ1) is 21.3. The number of fused-ring (bicyclic) bond motifs is 1. The molecule has 0 aliphatic carbocycles. The smallest absolute Gasteiger partial charge is 0.275 e. The molecule has 0 radical (unpaired) electrons. The van der Waals surface area contributed by atoms with Gasteiger partial charge >= 0.3 is 0 Å². The van der Waals surface area contributed by atoms with Gasteiger partial charge in [-0.2, -0.15) is 0 Å². The van der Waals surface area contributed by atoms with Crippen LogP contribution >= 0.6 is 0 Å². The highest BCUT2D eigenvalue weighted by Crippen LogP contribution is 2.33. The van der Waals surface area contributed by atoms with E-state index in [4.69, 9.17) is 18.6 Å². The topological polar surface area (TPSA) is 77.3 Å². The van der Waals surface area contributed by atoms with Crippen molar-refractivity contribution in [3.8, 4) is 17.2 Å². The lowest BCUT2D eigenvalue weighted by atomic mass is 10.1. The number of benzene rings is 2. The van der Waals surface area contributed by atoms with E-state index in [0.717, 1.165) is 54.3 Å². The summed E-state index contributed by atoms with van der Waals surface area (Å²) in [4.78, 5) is 21.2. The van der Waals surface area contributed by atoms with E-state index < -0.39 is 0 Å². The zero-order valence-corrected chi connectivity index (χ0v) is 18.7. The van der Waals surface area contributed by atoms with Gasteiger partial charge in [-0.15, -0.1) is 0 Å². The second kappa shape index (κ2) is 9.54. The molecule has 8 nitrogen and oxygen atoms in total. The van der Waals surface area contributed by atoms with Crippen molar-refractivity contribution in [1.82, 2.24) is 14.8 Å². The number of rotatable bonds is 8. The number of hydrogen-bond acceptors (Lipinski definition) is 7. The van der Waals surface area contributed by atoms with Crippen molar-refractivity contribution >= 4 is 5.91 Å². The summed E-state index contributed by atoms with van der Waals surface area (Å²) in [6.07, 6.45) is 3.55. The maximum Gasteiger partial charge on any atom is 0.275 e. The van der Waals surface area contributed by atoms with Crippen LogP contribution < -0.4 is 14.2 Å². The highest BCUT2D eigenvalue weighted by molar-refractivity contribution is 5.92.